The molecule has 2 aromatic heterocycles. The second kappa shape index (κ2) is 6.50. The standard InChI is InChI=1S/C22H21N5/c1-2-17-14-20(18-10-6-7-11-19(18)23-17)26-12-13-27-21(15-26)24-25-22(27)16-8-4-3-5-9-16/h3-11,14H,2,12-13,15H2,1H3. The van der Waals surface area contributed by atoms with Crippen molar-refractivity contribution in [3.8, 4) is 11.4 Å². The average molecular weight is 355 g/mol. The number of rotatable bonds is 3. The summed E-state index contributed by atoms with van der Waals surface area (Å²) in [4.78, 5) is 7.18. The number of benzene rings is 2. The highest BCUT2D eigenvalue weighted by atomic mass is 15.3. The van der Waals surface area contributed by atoms with Crippen molar-refractivity contribution in [2.24, 2.45) is 0 Å². The summed E-state index contributed by atoms with van der Waals surface area (Å²) >= 11 is 0. The number of fused-ring (bicyclic) bond motifs is 2. The van der Waals surface area contributed by atoms with Gasteiger partial charge in [0, 0.05) is 35.4 Å². The molecule has 1 aliphatic rings. The molecule has 0 atom stereocenters. The monoisotopic (exact) mass is 355 g/mol. The maximum absolute atomic E-state index is 4.78. The summed E-state index contributed by atoms with van der Waals surface area (Å²) in [5.74, 6) is 1.97. The number of aromatic nitrogens is 4. The molecule has 0 saturated heterocycles. The van der Waals surface area contributed by atoms with Crippen LogP contribution in [0, 0.1) is 0 Å². The van der Waals surface area contributed by atoms with Crippen LogP contribution in [0.5, 0.6) is 0 Å². The van der Waals surface area contributed by atoms with E-state index in [2.05, 4.69) is 69.1 Å². The molecule has 0 aliphatic carbocycles. The van der Waals surface area contributed by atoms with E-state index >= 15 is 0 Å². The minimum Gasteiger partial charge on any atom is -0.362 e. The van der Waals surface area contributed by atoms with Crippen LogP contribution in [0.1, 0.15) is 18.4 Å². The molecular weight excluding hydrogens is 334 g/mol. The van der Waals surface area contributed by atoms with Crippen molar-refractivity contribution in [1.29, 1.82) is 0 Å². The molecule has 5 nitrogen and oxygen atoms in total. The Morgan fingerprint density at radius 3 is 2.59 bits per heavy atom. The normalized spacial score (nSPS) is 13.7. The molecule has 0 radical (unpaired) electrons. The molecular formula is C22H21N5. The molecule has 0 N–H and O–H groups in total. The summed E-state index contributed by atoms with van der Waals surface area (Å²) in [6, 6.07) is 20.9. The molecule has 1 aliphatic heterocycles. The zero-order chi connectivity index (χ0) is 18.2. The van der Waals surface area contributed by atoms with Gasteiger partial charge < -0.3 is 9.47 Å². The zero-order valence-electron chi connectivity index (χ0n) is 15.3. The van der Waals surface area contributed by atoms with Crippen molar-refractivity contribution in [3.63, 3.8) is 0 Å². The Morgan fingerprint density at radius 1 is 0.926 bits per heavy atom. The summed E-state index contributed by atoms with van der Waals surface area (Å²) < 4.78 is 2.25. The van der Waals surface area contributed by atoms with Crippen LogP contribution in [0.2, 0.25) is 0 Å². The van der Waals surface area contributed by atoms with E-state index in [1.807, 2.05) is 18.2 Å². The Balaban J connectivity index is 1.54. The molecule has 0 saturated carbocycles. The number of nitrogens with zero attached hydrogens (tertiary/aromatic N) is 5. The molecule has 5 rings (SSSR count). The third-order valence-electron chi connectivity index (χ3n) is 5.24. The van der Waals surface area contributed by atoms with E-state index in [4.69, 9.17) is 4.98 Å². The molecule has 134 valence electrons. The number of pyridine rings is 1. The van der Waals surface area contributed by atoms with Crippen molar-refractivity contribution in [1.82, 2.24) is 19.7 Å². The molecule has 0 spiro atoms. The van der Waals surface area contributed by atoms with Gasteiger partial charge in [-0.2, -0.15) is 0 Å². The molecule has 4 aromatic rings. The van der Waals surface area contributed by atoms with Gasteiger partial charge in [0.25, 0.3) is 0 Å². The maximum Gasteiger partial charge on any atom is 0.164 e. The van der Waals surface area contributed by atoms with Crippen LogP contribution in [0.25, 0.3) is 22.3 Å². The highest BCUT2D eigenvalue weighted by Crippen LogP contribution is 2.30. The lowest BCUT2D eigenvalue weighted by Gasteiger charge is -2.31. The summed E-state index contributed by atoms with van der Waals surface area (Å²) in [5.41, 5.74) is 4.55. The van der Waals surface area contributed by atoms with Crippen molar-refractivity contribution in [2.45, 2.75) is 26.4 Å². The topological polar surface area (TPSA) is 46.8 Å². The average Bonchev–Trinajstić information content (AvgIpc) is 3.16. The molecule has 5 heteroatoms. The van der Waals surface area contributed by atoms with Gasteiger partial charge in [0.05, 0.1) is 12.1 Å². The van der Waals surface area contributed by atoms with Crippen LogP contribution in [0.3, 0.4) is 0 Å². The highest BCUT2D eigenvalue weighted by Gasteiger charge is 2.23. The number of anilines is 1. The van der Waals surface area contributed by atoms with Crippen LogP contribution in [-0.2, 0) is 19.5 Å². The fraction of sp³-hybridized carbons (Fsp3) is 0.227. The highest BCUT2D eigenvalue weighted by molar-refractivity contribution is 5.92. The van der Waals surface area contributed by atoms with E-state index in [9.17, 15) is 0 Å². The van der Waals surface area contributed by atoms with Gasteiger partial charge in [-0.1, -0.05) is 55.5 Å². The van der Waals surface area contributed by atoms with Gasteiger partial charge in [0.1, 0.15) is 0 Å². The summed E-state index contributed by atoms with van der Waals surface area (Å²) in [7, 11) is 0. The number of aryl methyl sites for hydroxylation is 1. The van der Waals surface area contributed by atoms with Crippen LogP contribution in [-0.4, -0.2) is 26.3 Å². The van der Waals surface area contributed by atoms with Crippen molar-refractivity contribution < 1.29 is 0 Å². The fourth-order valence-corrected chi connectivity index (χ4v) is 3.82. The summed E-state index contributed by atoms with van der Waals surface area (Å²) in [6.45, 7) is 4.73. The predicted molar refractivity (Wildman–Crippen MR) is 108 cm³/mol. The first-order chi connectivity index (χ1) is 13.3. The van der Waals surface area contributed by atoms with Crippen LogP contribution in [0.4, 0.5) is 5.69 Å². The maximum atomic E-state index is 4.78. The Morgan fingerprint density at radius 2 is 1.74 bits per heavy atom. The predicted octanol–water partition coefficient (Wildman–Crippen LogP) is 4.08. The lowest BCUT2D eigenvalue weighted by molar-refractivity contribution is 0.564. The van der Waals surface area contributed by atoms with Gasteiger partial charge in [-0.15, -0.1) is 10.2 Å². The Bertz CT molecular complexity index is 1100. The first kappa shape index (κ1) is 16.0. The number of hydrogen-bond acceptors (Lipinski definition) is 4. The molecule has 0 fully saturated rings. The lowest BCUT2D eigenvalue weighted by Crippen LogP contribution is -2.34. The minimum absolute atomic E-state index is 0.761. The molecule has 0 amide bonds. The molecule has 3 heterocycles. The van der Waals surface area contributed by atoms with Crippen molar-refractivity contribution in [2.75, 3.05) is 11.4 Å². The van der Waals surface area contributed by atoms with Gasteiger partial charge in [-0.05, 0) is 18.6 Å². The van der Waals surface area contributed by atoms with Gasteiger partial charge in [-0.25, -0.2) is 0 Å². The van der Waals surface area contributed by atoms with E-state index in [0.717, 1.165) is 54.5 Å². The smallest absolute Gasteiger partial charge is 0.164 e. The first-order valence-electron chi connectivity index (χ1n) is 9.44. The molecule has 0 bridgehead atoms. The van der Waals surface area contributed by atoms with Crippen LogP contribution < -0.4 is 4.90 Å². The lowest BCUT2D eigenvalue weighted by atomic mass is 10.1. The van der Waals surface area contributed by atoms with E-state index in [1.165, 1.54) is 11.1 Å². The zero-order valence-corrected chi connectivity index (χ0v) is 15.3. The SMILES string of the molecule is CCc1cc(N2CCn3c(nnc3-c3ccccc3)C2)c2ccccc2n1. The Labute approximate surface area is 158 Å². The Hall–Kier alpha value is -3.21. The summed E-state index contributed by atoms with van der Waals surface area (Å²) in [6.07, 6.45) is 0.931. The van der Waals surface area contributed by atoms with E-state index in [0.29, 0.717) is 0 Å². The number of para-hydroxylation sites is 1. The molecule has 2 aromatic carbocycles. The van der Waals surface area contributed by atoms with Crippen LogP contribution >= 0.6 is 0 Å². The second-order valence-corrected chi connectivity index (χ2v) is 6.88. The quantitative estimate of drug-likeness (QED) is 0.556. The first-order valence-corrected chi connectivity index (χ1v) is 9.44. The second-order valence-electron chi connectivity index (χ2n) is 6.88. The van der Waals surface area contributed by atoms with Gasteiger partial charge in [-0.3, -0.25) is 4.98 Å². The third-order valence-corrected chi connectivity index (χ3v) is 5.24. The third kappa shape index (κ3) is 2.76. The van der Waals surface area contributed by atoms with E-state index in [-0.39, 0.29) is 0 Å². The molecule has 0 unspecified atom stereocenters. The van der Waals surface area contributed by atoms with E-state index in [1.54, 1.807) is 0 Å². The Kier molecular flexibility index (Phi) is 3.85. The van der Waals surface area contributed by atoms with Crippen molar-refractivity contribution in [3.05, 3.63) is 72.2 Å². The van der Waals surface area contributed by atoms with Crippen LogP contribution in [0.15, 0.2) is 60.7 Å². The van der Waals surface area contributed by atoms with E-state index < -0.39 is 0 Å². The van der Waals surface area contributed by atoms with Gasteiger partial charge in [0.2, 0.25) is 0 Å². The number of hydrogen-bond donors (Lipinski definition) is 0. The van der Waals surface area contributed by atoms with Gasteiger partial charge >= 0.3 is 0 Å². The summed E-state index contributed by atoms with van der Waals surface area (Å²) in [5, 5.41) is 10.2. The fourth-order valence-electron chi connectivity index (χ4n) is 3.82. The minimum atomic E-state index is 0.761. The van der Waals surface area contributed by atoms with Gasteiger partial charge in [0.15, 0.2) is 11.6 Å². The van der Waals surface area contributed by atoms with Crippen molar-refractivity contribution >= 4 is 16.6 Å². The molecule has 27 heavy (non-hydrogen) atoms. The largest absolute Gasteiger partial charge is 0.362 e.